The van der Waals surface area contributed by atoms with Crippen LogP contribution in [0.4, 0.5) is 5.69 Å². The van der Waals surface area contributed by atoms with Gasteiger partial charge in [-0.2, -0.15) is 4.99 Å². The first-order valence-corrected chi connectivity index (χ1v) is 8.40. The maximum atomic E-state index is 5.22. The molecule has 0 bridgehead atoms. The van der Waals surface area contributed by atoms with Crippen LogP contribution in [-0.4, -0.2) is 35.6 Å². The van der Waals surface area contributed by atoms with Crippen LogP contribution in [0.5, 0.6) is 5.75 Å². The van der Waals surface area contributed by atoms with E-state index in [0.717, 1.165) is 36.0 Å². The molecular weight excluding hydrogens is 427 g/mol. The number of halogens is 1. The minimum atomic E-state index is 0. The van der Waals surface area contributed by atoms with Gasteiger partial charge in [-0.25, -0.2) is 4.99 Å². The van der Waals surface area contributed by atoms with Crippen molar-refractivity contribution in [1.82, 2.24) is 9.47 Å². The van der Waals surface area contributed by atoms with E-state index in [1.807, 2.05) is 60.3 Å². The van der Waals surface area contributed by atoms with Gasteiger partial charge in [0.15, 0.2) is 0 Å². The van der Waals surface area contributed by atoms with E-state index in [4.69, 9.17) is 14.7 Å². The predicted molar refractivity (Wildman–Crippen MR) is 112 cm³/mol. The van der Waals surface area contributed by atoms with E-state index in [0.29, 0.717) is 0 Å². The summed E-state index contributed by atoms with van der Waals surface area (Å²) < 4.78 is 7.22. The summed E-state index contributed by atoms with van der Waals surface area (Å²) in [6.45, 7) is 2.02. The molecule has 0 saturated carbocycles. The Hall–Kier alpha value is -1.83. The number of pyridine rings is 1. The minimum Gasteiger partial charge on any atom is -0.497 e. The zero-order valence-corrected chi connectivity index (χ0v) is 17.1. The number of hydrogen-bond donors (Lipinski definition) is 0. The molecule has 1 aliphatic rings. The zero-order chi connectivity index (χ0) is 16.8. The van der Waals surface area contributed by atoms with Gasteiger partial charge in [0, 0.05) is 26.3 Å². The van der Waals surface area contributed by atoms with Gasteiger partial charge in [-0.1, -0.05) is 6.07 Å². The van der Waals surface area contributed by atoms with Crippen LogP contribution in [-0.2, 0) is 7.05 Å². The van der Waals surface area contributed by atoms with E-state index < -0.39 is 0 Å². The van der Waals surface area contributed by atoms with Crippen LogP contribution >= 0.6 is 24.0 Å². The van der Waals surface area contributed by atoms with Gasteiger partial charge in [-0.05, 0) is 55.7 Å². The maximum Gasteiger partial charge on any atom is 0.227 e. The number of aromatic nitrogens is 1. The Morgan fingerprint density at radius 1 is 1.00 bits per heavy atom. The average Bonchev–Trinajstić information content (AvgIpc) is 2.64. The first kappa shape index (κ1) is 19.5. The first-order valence-electron chi connectivity index (χ1n) is 8.40. The largest absolute Gasteiger partial charge is 0.497 e. The molecule has 3 rings (SSSR count). The standard InChI is InChI=1S/C19H24N4O.HI/c1-22-13-7-4-8-18(22)21-19(23-14-5-3-6-15-23)20-16-9-11-17(24-2)12-10-16;/h4,7-13H,3,5-6,14-15H2,1-2H3;1H/b20-19?,21-18+;. The number of piperidine rings is 1. The minimum absolute atomic E-state index is 0. The predicted octanol–water partition coefficient (Wildman–Crippen LogP) is 3.73. The average molecular weight is 452 g/mol. The Bertz CT molecular complexity index is 761. The van der Waals surface area contributed by atoms with E-state index in [2.05, 4.69) is 4.90 Å². The normalized spacial score (nSPS) is 15.7. The lowest BCUT2D eigenvalue weighted by Gasteiger charge is -2.27. The molecule has 1 aromatic carbocycles. The van der Waals surface area contributed by atoms with Gasteiger partial charge >= 0.3 is 0 Å². The lowest BCUT2D eigenvalue weighted by atomic mass is 10.1. The molecule has 5 nitrogen and oxygen atoms in total. The highest BCUT2D eigenvalue weighted by Gasteiger charge is 2.14. The number of nitrogens with zero attached hydrogens (tertiary/aromatic N) is 4. The number of guanidine groups is 1. The molecule has 0 amide bonds. The summed E-state index contributed by atoms with van der Waals surface area (Å²) in [6, 6.07) is 13.8. The van der Waals surface area contributed by atoms with Crippen molar-refractivity contribution in [1.29, 1.82) is 0 Å². The van der Waals surface area contributed by atoms with Gasteiger partial charge in [0.2, 0.25) is 5.96 Å². The van der Waals surface area contributed by atoms with E-state index in [1.54, 1.807) is 7.11 Å². The van der Waals surface area contributed by atoms with E-state index in [-0.39, 0.29) is 24.0 Å². The lowest BCUT2D eigenvalue weighted by Crippen LogP contribution is -2.36. The number of hydrogen-bond acceptors (Lipinski definition) is 2. The van der Waals surface area contributed by atoms with Crippen molar-refractivity contribution < 1.29 is 4.74 Å². The molecule has 1 aromatic heterocycles. The third-order valence-corrected chi connectivity index (χ3v) is 4.18. The molecule has 0 atom stereocenters. The molecule has 0 aliphatic carbocycles. The van der Waals surface area contributed by atoms with Crippen molar-refractivity contribution in [3.05, 3.63) is 54.1 Å². The molecule has 6 heteroatoms. The van der Waals surface area contributed by atoms with Gasteiger partial charge < -0.3 is 14.2 Å². The second-order valence-corrected chi connectivity index (χ2v) is 5.94. The molecule has 1 aliphatic heterocycles. The number of methoxy groups -OCH3 is 1. The molecule has 134 valence electrons. The van der Waals surface area contributed by atoms with Crippen molar-refractivity contribution >= 4 is 35.6 Å². The van der Waals surface area contributed by atoms with Crippen molar-refractivity contribution in [2.75, 3.05) is 20.2 Å². The summed E-state index contributed by atoms with van der Waals surface area (Å²) in [5.41, 5.74) is 1.79. The van der Waals surface area contributed by atoms with Gasteiger partial charge in [-0.15, -0.1) is 24.0 Å². The Morgan fingerprint density at radius 3 is 2.36 bits per heavy atom. The van der Waals surface area contributed by atoms with Gasteiger partial charge in [0.25, 0.3) is 0 Å². The van der Waals surface area contributed by atoms with Gasteiger partial charge in [0.1, 0.15) is 11.2 Å². The van der Waals surface area contributed by atoms with Crippen LogP contribution in [0.25, 0.3) is 0 Å². The van der Waals surface area contributed by atoms with Crippen molar-refractivity contribution in [2.24, 2.45) is 17.0 Å². The highest BCUT2D eigenvalue weighted by atomic mass is 127. The van der Waals surface area contributed by atoms with Crippen LogP contribution in [0.1, 0.15) is 19.3 Å². The summed E-state index contributed by atoms with van der Waals surface area (Å²) >= 11 is 0. The Kier molecular flexibility index (Phi) is 7.49. The number of aryl methyl sites for hydroxylation is 1. The highest BCUT2D eigenvalue weighted by Crippen LogP contribution is 2.19. The molecule has 0 N–H and O–H groups in total. The summed E-state index contributed by atoms with van der Waals surface area (Å²) in [6.07, 6.45) is 5.67. The number of benzene rings is 1. The quantitative estimate of drug-likeness (QED) is 0.396. The number of aliphatic imine (C=N–C) groups is 1. The monoisotopic (exact) mass is 452 g/mol. The lowest BCUT2D eigenvalue weighted by molar-refractivity contribution is 0.338. The number of likely N-dealkylation sites (tertiary alicyclic amines) is 1. The van der Waals surface area contributed by atoms with Gasteiger partial charge in [0.05, 0.1) is 12.8 Å². The topological polar surface area (TPSA) is 42.1 Å². The molecule has 0 unspecified atom stereocenters. The van der Waals surface area contributed by atoms with Crippen LogP contribution in [0.2, 0.25) is 0 Å². The fourth-order valence-electron chi connectivity index (χ4n) is 2.77. The van der Waals surface area contributed by atoms with Crippen LogP contribution in [0.15, 0.2) is 58.6 Å². The fraction of sp³-hybridized carbons (Fsp3) is 0.368. The summed E-state index contributed by atoms with van der Waals surface area (Å²) in [5.74, 6) is 1.61. The molecule has 2 heterocycles. The fourth-order valence-corrected chi connectivity index (χ4v) is 2.77. The molecular formula is C19H25IN4O. The highest BCUT2D eigenvalue weighted by molar-refractivity contribution is 14.0. The molecule has 2 aromatic rings. The maximum absolute atomic E-state index is 5.22. The molecule has 1 saturated heterocycles. The van der Waals surface area contributed by atoms with Crippen LogP contribution < -0.4 is 10.2 Å². The SMILES string of the molecule is COc1ccc(N=C(/N=c2\ccccn2C)N2CCCCC2)cc1.I. The Labute approximate surface area is 166 Å². The second kappa shape index (κ2) is 9.60. The number of ether oxygens (including phenoxy) is 1. The number of rotatable bonds is 2. The van der Waals surface area contributed by atoms with E-state index in [1.165, 1.54) is 19.3 Å². The first-order chi connectivity index (χ1) is 11.8. The van der Waals surface area contributed by atoms with Crippen molar-refractivity contribution in [3.8, 4) is 5.75 Å². The molecule has 0 spiro atoms. The van der Waals surface area contributed by atoms with E-state index >= 15 is 0 Å². The smallest absolute Gasteiger partial charge is 0.227 e. The van der Waals surface area contributed by atoms with Crippen LogP contribution in [0, 0.1) is 0 Å². The summed E-state index contributed by atoms with van der Waals surface area (Å²) in [4.78, 5) is 11.9. The second-order valence-electron chi connectivity index (χ2n) is 5.94. The summed E-state index contributed by atoms with van der Waals surface area (Å²) in [7, 11) is 3.67. The third-order valence-electron chi connectivity index (χ3n) is 4.18. The van der Waals surface area contributed by atoms with E-state index in [9.17, 15) is 0 Å². The molecule has 1 fully saturated rings. The zero-order valence-electron chi connectivity index (χ0n) is 14.8. The van der Waals surface area contributed by atoms with Crippen LogP contribution in [0.3, 0.4) is 0 Å². The Balaban J connectivity index is 0.00000225. The molecule has 0 radical (unpaired) electrons. The third kappa shape index (κ3) is 5.32. The van der Waals surface area contributed by atoms with Gasteiger partial charge in [-0.3, -0.25) is 0 Å². The summed E-state index contributed by atoms with van der Waals surface area (Å²) in [5, 5.41) is 0. The molecule has 25 heavy (non-hydrogen) atoms. The van der Waals surface area contributed by atoms with Crippen molar-refractivity contribution in [2.45, 2.75) is 19.3 Å². The van der Waals surface area contributed by atoms with Crippen molar-refractivity contribution in [3.63, 3.8) is 0 Å². The Morgan fingerprint density at radius 2 is 1.72 bits per heavy atom.